The molecule has 0 spiro atoms. The lowest BCUT2D eigenvalue weighted by atomic mass is 9.85. The fraction of sp³-hybridized carbons (Fsp3) is 0.346. The number of rotatable bonds is 2. The number of carbonyl (C=O) groups excluding carboxylic acids is 1. The second kappa shape index (κ2) is 8.91. The minimum Gasteiger partial charge on any atom is -0.440 e. The van der Waals surface area contributed by atoms with Crippen LogP contribution in [-0.2, 0) is 5.41 Å². The molecule has 0 aliphatic heterocycles. The number of aromatic nitrogens is 3. The van der Waals surface area contributed by atoms with Crippen LogP contribution >= 0.6 is 11.6 Å². The van der Waals surface area contributed by atoms with Gasteiger partial charge in [0, 0.05) is 33.8 Å². The van der Waals surface area contributed by atoms with Crippen molar-refractivity contribution in [3.05, 3.63) is 76.9 Å². The van der Waals surface area contributed by atoms with Crippen LogP contribution < -0.4 is 0 Å². The Morgan fingerprint density at radius 3 is 2.34 bits per heavy atom. The number of Topliss-reactive ketones (excluding diaryl/α,β-unsaturated/α-hetero) is 1. The van der Waals surface area contributed by atoms with E-state index in [0.717, 1.165) is 33.8 Å². The number of aryl methyl sites for hydroxylation is 1. The first-order chi connectivity index (χ1) is 14.9. The highest BCUT2D eigenvalue weighted by atomic mass is 35.5. The molecule has 2 heterocycles. The van der Waals surface area contributed by atoms with Gasteiger partial charge in [0.15, 0.2) is 11.4 Å². The third-order valence-electron chi connectivity index (χ3n) is 4.82. The quantitative estimate of drug-likeness (QED) is 0.302. The molecule has 6 heteroatoms. The van der Waals surface area contributed by atoms with Crippen molar-refractivity contribution in [1.82, 2.24) is 14.8 Å². The van der Waals surface area contributed by atoms with E-state index in [1.807, 2.05) is 76.4 Å². The number of oxazole rings is 1. The normalized spacial score (nSPS) is 11.9. The van der Waals surface area contributed by atoms with Crippen LogP contribution in [0.5, 0.6) is 0 Å². The lowest BCUT2D eigenvalue weighted by molar-refractivity contribution is 0.0858. The van der Waals surface area contributed by atoms with E-state index in [9.17, 15) is 4.79 Å². The van der Waals surface area contributed by atoms with Crippen molar-refractivity contribution in [2.24, 2.45) is 5.41 Å². The first-order valence-electron chi connectivity index (χ1n) is 10.6. The minimum atomic E-state index is -0.393. The number of hydrogen-bond donors (Lipinski definition) is 0. The van der Waals surface area contributed by atoms with Crippen LogP contribution in [0.3, 0.4) is 0 Å². The fourth-order valence-corrected chi connectivity index (χ4v) is 3.23. The topological polar surface area (TPSA) is 60.9 Å². The molecule has 0 amide bonds. The van der Waals surface area contributed by atoms with E-state index in [1.54, 1.807) is 10.9 Å². The Bertz CT molecular complexity index is 1230. The molecule has 4 aromatic rings. The van der Waals surface area contributed by atoms with Crippen LogP contribution in [0.4, 0.5) is 0 Å². The Labute approximate surface area is 194 Å². The van der Waals surface area contributed by atoms with Gasteiger partial charge in [0.25, 0.3) is 0 Å². The Hall–Kier alpha value is -2.92. The Morgan fingerprint density at radius 2 is 1.75 bits per heavy atom. The van der Waals surface area contributed by atoms with Crippen LogP contribution in [0.15, 0.2) is 59.3 Å². The van der Waals surface area contributed by atoms with E-state index in [-0.39, 0.29) is 11.2 Å². The van der Waals surface area contributed by atoms with Crippen LogP contribution in [0.1, 0.15) is 63.4 Å². The van der Waals surface area contributed by atoms with E-state index < -0.39 is 5.41 Å². The molecule has 2 aromatic carbocycles. The maximum absolute atomic E-state index is 12.5. The molecule has 0 atom stereocenters. The molecule has 0 N–H and O–H groups in total. The molecule has 0 saturated heterocycles. The van der Waals surface area contributed by atoms with Gasteiger partial charge in [-0.25, -0.2) is 9.67 Å². The summed E-state index contributed by atoms with van der Waals surface area (Å²) >= 11 is 5.86. The van der Waals surface area contributed by atoms with Gasteiger partial charge in [-0.1, -0.05) is 64.8 Å². The molecule has 0 unspecified atom stereocenters. The highest BCUT2D eigenvalue weighted by molar-refractivity contribution is 6.31. The van der Waals surface area contributed by atoms with Gasteiger partial charge in [-0.05, 0) is 43.3 Å². The molecule has 5 nitrogen and oxygen atoms in total. The molecule has 0 aliphatic rings. The van der Waals surface area contributed by atoms with Crippen molar-refractivity contribution in [2.75, 3.05) is 0 Å². The molecule has 168 valence electrons. The summed E-state index contributed by atoms with van der Waals surface area (Å²) in [6.07, 6.45) is 3.56. The number of ketones is 1. The summed E-state index contributed by atoms with van der Waals surface area (Å²) in [5.41, 5.74) is 3.80. The highest BCUT2D eigenvalue weighted by Gasteiger charge is 2.26. The van der Waals surface area contributed by atoms with Crippen LogP contribution in [0.25, 0.3) is 16.8 Å². The van der Waals surface area contributed by atoms with Crippen molar-refractivity contribution in [2.45, 2.75) is 53.9 Å². The van der Waals surface area contributed by atoms with E-state index in [0.29, 0.717) is 5.02 Å². The summed E-state index contributed by atoms with van der Waals surface area (Å²) in [4.78, 5) is 16.9. The Kier molecular flexibility index (Phi) is 6.61. The van der Waals surface area contributed by atoms with Crippen LogP contribution in [-0.4, -0.2) is 20.5 Å². The van der Waals surface area contributed by atoms with Crippen molar-refractivity contribution < 1.29 is 9.21 Å². The zero-order valence-corrected chi connectivity index (χ0v) is 20.5. The predicted octanol–water partition coefficient (Wildman–Crippen LogP) is 7.19. The number of nitrogens with zero attached hydrogens (tertiary/aromatic N) is 3. The minimum absolute atomic E-state index is 0.0640. The Balaban J connectivity index is 0.000000186. The number of halogens is 1. The number of fused-ring (bicyclic) bond motifs is 1. The first kappa shape index (κ1) is 23.7. The monoisotopic (exact) mass is 451 g/mol. The van der Waals surface area contributed by atoms with Gasteiger partial charge in [0.2, 0.25) is 5.89 Å². The van der Waals surface area contributed by atoms with Crippen molar-refractivity contribution in [3.8, 4) is 5.69 Å². The molecule has 4 rings (SSSR count). The first-order valence-corrected chi connectivity index (χ1v) is 11.0. The van der Waals surface area contributed by atoms with E-state index in [1.165, 1.54) is 0 Å². The van der Waals surface area contributed by atoms with Crippen LogP contribution in [0, 0.1) is 12.3 Å². The van der Waals surface area contributed by atoms with Gasteiger partial charge in [-0.2, -0.15) is 5.10 Å². The van der Waals surface area contributed by atoms with Crippen molar-refractivity contribution in [3.63, 3.8) is 0 Å². The zero-order valence-electron chi connectivity index (χ0n) is 19.7. The standard InChI is InChI=1S/C15H18N2O.C11H12ClNO/c1-11-6-7-13(17-9-5-8-16-17)12(10-11)14(18)15(2,3)4;1-11(2,3)10-13-8-6-7(12)4-5-9(8)14-10/h5-10H,1-4H3;4-6H,1-3H3. The molecule has 2 aromatic heterocycles. The van der Waals surface area contributed by atoms with E-state index in [4.69, 9.17) is 16.0 Å². The Morgan fingerprint density at radius 1 is 1.03 bits per heavy atom. The van der Waals surface area contributed by atoms with Gasteiger partial charge >= 0.3 is 0 Å². The predicted molar refractivity (Wildman–Crippen MR) is 130 cm³/mol. The lowest BCUT2D eigenvalue weighted by Crippen LogP contribution is -2.22. The number of benzene rings is 2. The molecule has 0 bridgehead atoms. The van der Waals surface area contributed by atoms with Gasteiger partial charge in [-0.3, -0.25) is 4.79 Å². The summed E-state index contributed by atoms with van der Waals surface area (Å²) in [6.45, 7) is 14.0. The summed E-state index contributed by atoms with van der Waals surface area (Å²) in [7, 11) is 0. The van der Waals surface area contributed by atoms with E-state index in [2.05, 4.69) is 30.9 Å². The molecule has 0 saturated carbocycles. The second-order valence-electron chi connectivity index (χ2n) is 9.93. The highest BCUT2D eigenvalue weighted by Crippen LogP contribution is 2.27. The van der Waals surface area contributed by atoms with Gasteiger partial charge in [-0.15, -0.1) is 0 Å². The molecule has 0 radical (unpaired) electrons. The second-order valence-corrected chi connectivity index (χ2v) is 10.4. The fourth-order valence-electron chi connectivity index (χ4n) is 3.07. The third kappa shape index (κ3) is 5.46. The number of hydrogen-bond acceptors (Lipinski definition) is 4. The average molecular weight is 452 g/mol. The third-order valence-corrected chi connectivity index (χ3v) is 5.06. The maximum atomic E-state index is 12.5. The summed E-state index contributed by atoms with van der Waals surface area (Å²) in [5, 5.41) is 4.89. The van der Waals surface area contributed by atoms with Crippen molar-refractivity contribution in [1.29, 1.82) is 0 Å². The van der Waals surface area contributed by atoms with Crippen LogP contribution in [0.2, 0.25) is 5.02 Å². The molecular formula is C26H30ClN3O2. The molecule has 32 heavy (non-hydrogen) atoms. The van der Waals surface area contributed by atoms with Crippen molar-refractivity contribution >= 4 is 28.5 Å². The summed E-state index contributed by atoms with van der Waals surface area (Å²) < 4.78 is 7.35. The number of carbonyl (C=O) groups is 1. The summed E-state index contributed by atoms with van der Waals surface area (Å²) in [6, 6.07) is 13.2. The average Bonchev–Trinajstić information content (AvgIpc) is 3.36. The largest absolute Gasteiger partial charge is 0.440 e. The van der Waals surface area contributed by atoms with Gasteiger partial charge in [0.1, 0.15) is 5.52 Å². The molecule has 0 aliphatic carbocycles. The zero-order chi connectivity index (χ0) is 23.7. The smallest absolute Gasteiger partial charge is 0.200 e. The summed E-state index contributed by atoms with van der Waals surface area (Å²) in [5.74, 6) is 0.881. The van der Waals surface area contributed by atoms with Gasteiger partial charge < -0.3 is 4.42 Å². The van der Waals surface area contributed by atoms with E-state index >= 15 is 0 Å². The maximum Gasteiger partial charge on any atom is 0.200 e. The molecule has 0 fully saturated rings. The lowest BCUT2D eigenvalue weighted by Gasteiger charge is -2.19. The van der Waals surface area contributed by atoms with Gasteiger partial charge in [0.05, 0.1) is 5.69 Å². The molecular weight excluding hydrogens is 422 g/mol. The SMILES string of the molecule is CC(C)(C)c1nc2cc(Cl)ccc2o1.Cc1ccc(-n2cccn2)c(C(=O)C(C)(C)C)c1.